The molecule has 0 heterocycles. The van der Waals surface area contributed by atoms with Crippen LogP contribution in [0.4, 0.5) is 8.78 Å². The monoisotopic (exact) mass is 414 g/mol. The third-order valence-corrected chi connectivity index (χ3v) is 3.60. The summed E-state index contributed by atoms with van der Waals surface area (Å²) in [6, 6.07) is 4.23. The molecule has 8 heteroatoms. The zero-order chi connectivity index (χ0) is 16.4. The fraction of sp³-hybridized carbons (Fsp3) is 0.385. The summed E-state index contributed by atoms with van der Waals surface area (Å²) in [6.45, 7) is 1.68. The Morgan fingerprint density at radius 1 is 1.29 bits per heavy atom. The number of aliphatic carboxylic acids is 1. The van der Waals surface area contributed by atoms with Crippen molar-refractivity contribution < 1.29 is 33.0 Å². The number of halogens is 3. The van der Waals surface area contributed by atoms with Crippen molar-refractivity contribution in [1.82, 2.24) is 0 Å². The maximum absolute atomic E-state index is 13.5. The van der Waals surface area contributed by atoms with Crippen LogP contribution in [0.2, 0.25) is 0 Å². The summed E-state index contributed by atoms with van der Waals surface area (Å²) in [5.41, 5.74) is -2.46. The molecule has 0 fully saturated rings. The van der Waals surface area contributed by atoms with Crippen LogP contribution in [-0.4, -0.2) is 35.7 Å². The van der Waals surface area contributed by atoms with Crippen LogP contribution in [0.25, 0.3) is 0 Å². The first-order valence-electron chi connectivity index (χ1n) is 5.71. The Morgan fingerprint density at radius 3 is 2.29 bits per heavy atom. The summed E-state index contributed by atoms with van der Waals surface area (Å²) >= 11 is 1.91. The van der Waals surface area contributed by atoms with Crippen molar-refractivity contribution in [3.05, 3.63) is 27.3 Å². The van der Waals surface area contributed by atoms with Gasteiger partial charge in [-0.15, -0.1) is 0 Å². The summed E-state index contributed by atoms with van der Waals surface area (Å²) in [7, 11) is 1.45. The van der Waals surface area contributed by atoms with Gasteiger partial charge in [0.25, 0.3) is 0 Å². The van der Waals surface area contributed by atoms with Crippen LogP contribution in [0.5, 0.6) is 5.75 Å². The SMILES string of the molecule is COc1ccc(C(=O)OC(C)(C)C(F)(F)C(=O)O)cc1I. The molecule has 116 valence electrons. The van der Waals surface area contributed by atoms with Crippen LogP contribution in [-0.2, 0) is 9.53 Å². The third-order valence-electron chi connectivity index (χ3n) is 2.76. The molecule has 0 radical (unpaired) electrons. The number of esters is 1. The number of alkyl halides is 2. The van der Waals surface area contributed by atoms with Crippen LogP contribution in [0.3, 0.4) is 0 Å². The van der Waals surface area contributed by atoms with Crippen LogP contribution in [0, 0.1) is 3.57 Å². The predicted octanol–water partition coefficient (Wildman–Crippen LogP) is 2.96. The normalized spacial score (nSPS) is 11.9. The number of carboxylic acid groups (broad SMARTS) is 1. The van der Waals surface area contributed by atoms with Crippen molar-refractivity contribution in [3.63, 3.8) is 0 Å². The number of rotatable bonds is 5. The van der Waals surface area contributed by atoms with Crippen LogP contribution in [0.1, 0.15) is 24.2 Å². The van der Waals surface area contributed by atoms with Crippen LogP contribution >= 0.6 is 22.6 Å². The van der Waals surface area contributed by atoms with Crippen molar-refractivity contribution in [3.8, 4) is 5.75 Å². The fourth-order valence-electron chi connectivity index (χ4n) is 1.41. The molecule has 5 nitrogen and oxygen atoms in total. The molecule has 1 rings (SSSR count). The van der Waals surface area contributed by atoms with Gasteiger partial charge in [0.2, 0.25) is 0 Å². The number of hydrogen-bond donors (Lipinski definition) is 1. The Kier molecular flexibility index (Phi) is 5.13. The molecular weight excluding hydrogens is 401 g/mol. The second-order valence-corrected chi connectivity index (χ2v) is 5.79. The number of carbonyl (C=O) groups excluding carboxylic acids is 1. The standard InChI is InChI=1S/C13H13F2IO5/c1-12(2,13(14,15)11(18)19)21-10(17)7-4-5-9(20-3)8(16)6-7/h4-6H,1-3H3,(H,18,19). The highest BCUT2D eigenvalue weighted by Crippen LogP contribution is 2.33. The molecule has 0 aliphatic heterocycles. The van der Waals surface area contributed by atoms with Gasteiger partial charge in [-0.25, -0.2) is 9.59 Å². The van der Waals surface area contributed by atoms with Crippen molar-refractivity contribution >= 4 is 34.5 Å². The Morgan fingerprint density at radius 2 is 1.86 bits per heavy atom. The largest absolute Gasteiger partial charge is 0.496 e. The van der Waals surface area contributed by atoms with E-state index in [0.29, 0.717) is 9.32 Å². The summed E-state index contributed by atoms with van der Waals surface area (Å²) in [6.07, 6.45) is 0. The van der Waals surface area contributed by atoms with Gasteiger partial charge < -0.3 is 14.6 Å². The summed E-state index contributed by atoms with van der Waals surface area (Å²) in [5, 5.41) is 8.51. The molecule has 21 heavy (non-hydrogen) atoms. The van der Waals surface area contributed by atoms with E-state index in [1.807, 2.05) is 22.6 Å². The molecule has 0 aliphatic rings. The van der Waals surface area contributed by atoms with Crippen molar-refractivity contribution in [2.45, 2.75) is 25.4 Å². The van der Waals surface area contributed by atoms with Gasteiger partial charge in [0, 0.05) is 0 Å². The molecule has 0 unspecified atom stereocenters. The number of hydrogen-bond acceptors (Lipinski definition) is 4. The lowest BCUT2D eigenvalue weighted by Gasteiger charge is -2.30. The number of carboxylic acids is 1. The van der Waals surface area contributed by atoms with E-state index < -0.39 is 23.5 Å². The van der Waals surface area contributed by atoms with Crippen LogP contribution < -0.4 is 4.74 Å². The van der Waals surface area contributed by atoms with Gasteiger partial charge >= 0.3 is 17.9 Å². The predicted molar refractivity (Wildman–Crippen MR) is 77.8 cm³/mol. The number of carbonyl (C=O) groups is 2. The molecule has 0 aromatic heterocycles. The highest BCUT2D eigenvalue weighted by Gasteiger charge is 2.56. The Balaban J connectivity index is 3.00. The second kappa shape index (κ2) is 6.12. The number of benzene rings is 1. The van der Waals surface area contributed by atoms with E-state index in [9.17, 15) is 18.4 Å². The molecule has 0 atom stereocenters. The number of ether oxygens (including phenoxy) is 2. The van der Waals surface area contributed by atoms with E-state index in [2.05, 4.69) is 4.74 Å². The third kappa shape index (κ3) is 3.60. The van der Waals surface area contributed by atoms with Crippen molar-refractivity contribution in [2.75, 3.05) is 7.11 Å². The van der Waals surface area contributed by atoms with Crippen LogP contribution in [0.15, 0.2) is 18.2 Å². The number of methoxy groups -OCH3 is 1. The van der Waals surface area contributed by atoms with Crippen molar-refractivity contribution in [2.24, 2.45) is 0 Å². The second-order valence-electron chi connectivity index (χ2n) is 4.63. The first-order valence-corrected chi connectivity index (χ1v) is 6.79. The fourth-order valence-corrected chi connectivity index (χ4v) is 2.14. The van der Waals surface area contributed by atoms with E-state index in [0.717, 1.165) is 13.8 Å². The van der Waals surface area contributed by atoms with Gasteiger partial charge in [0.15, 0.2) is 5.60 Å². The smallest absolute Gasteiger partial charge is 0.380 e. The summed E-state index contributed by atoms with van der Waals surface area (Å²) in [4.78, 5) is 22.5. The Labute approximate surface area is 133 Å². The Hall–Kier alpha value is -1.45. The van der Waals surface area contributed by atoms with E-state index in [4.69, 9.17) is 9.84 Å². The van der Waals surface area contributed by atoms with Gasteiger partial charge in [-0.1, -0.05) is 0 Å². The van der Waals surface area contributed by atoms with Gasteiger partial charge in [-0.05, 0) is 54.6 Å². The lowest BCUT2D eigenvalue weighted by Crippen LogP contribution is -2.51. The van der Waals surface area contributed by atoms with Gasteiger partial charge in [0.05, 0.1) is 16.2 Å². The molecule has 0 spiro atoms. The minimum absolute atomic E-state index is 0.0227. The molecule has 1 aromatic rings. The summed E-state index contributed by atoms with van der Waals surface area (Å²) < 4.78 is 37.3. The van der Waals surface area contributed by atoms with Crippen molar-refractivity contribution in [1.29, 1.82) is 0 Å². The molecule has 0 aliphatic carbocycles. The molecule has 1 N–H and O–H groups in total. The van der Waals surface area contributed by atoms with E-state index in [-0.39, 0.29) is 5.56 Å². The minimum atomic E-state index is -4.21. The molecule has 1 aromatic carbocycles. The quantitative estimate of drug-likeness (QED) is 0.593. The van der Waals surface area contributed by atoms with Gasteiger partial charge in [-0.2, -0.15) is 8.78 Å². The molecule has 0 saturated heterocycles. The summed E-state index contributed by atoms with van der Waals surface area (Å²) in [5.74, 6) is -7.09. The van der Waals surface area contributed by atoms with Gasteiger partial charge in [-0.3, -0.25) is 0 Å². The van der Waals surface area contributed by atoms with Gasteiger partial charge in [0.1, 0.15) is 5.75 Å². The maximum Gasteiger partial charge on any atom is 0.380 e. The van der Waals surface area contributed by atoms with E-state index in [1.165, 1.54) is 25.3 Å². The average Bonchev–Trinajstić information content (AvgIpc) is 2.37. The molecular formula is C13H13F2IO5. The zero-order valence-corrected chi connectivity index (χ0v) is 13.6. The first kappa shape index (κ1) is 17.6. The molecule has 0 bridgehead atoms. The Bertz CT molecular complexity index is 572. The average molecular weight is 414 g/mol. The van der Waals surface area contributed by atoms with E-state index >= 15 is 0 Å². The zero-order valence-electron chi connectivity index (χ0n) is 11.4. The topological polar surface area (TPSA) is 72.8 Å². The minimum Gasteiger partial charge on any atom is -0.496 e. The molecule has 0 amide bonds. The lowest BCUT2D eigenvalue weighted by atomic mass is 10.0. The first-order chi connectivity index (χ1) is 9.52. The highest BCUT2D eigenvalue weighted by molar-refractivity contribution is 14.1. The highest BCUT2D eigenvalue weighted by atomic mass is 127. The lowest BCUT2D eigenvalue weighted by molar-refractivity contribution is -0.200. The van der Waals surface area contributed by atoms with E-state index in [1.54, 1.807) is 0 Å². The molecule has 0 saturated carbocycles. The maximum atomic E-state index is 13.5.